The van der Waals surface area contributed by atoms with Gasteiger partial charge in [0.25, 0.3) is 10.0 Å². The number of aromatic nitrogens is 1. The van der Waals surface area contributed by atoms with Crippen LogP contribution in [0.1, 0.15) is 0 Å². The number of hydrogen-bond acceptors (Lipinski definition) is 5. The van der Waals surface area contributed by atoms with Gasteiger partial charge in [0.15, 0.2) is 0 Å². The molecule has 0 atom stereocenters. The third-order valence-electron chi connectivity index (χ3n) is 2.19. The van der Waals surface area contributed by atoms with Crippen LogP contribution in [0.2, 0.25) is 0 Å². The Morgan fingerprint density at radius 2 is 2.00 bits per heavy atom. The van der Waals surface area contributed by atoms with E-state index < -0.39 is 10.0 Å². The van der Waals surface area contributed by atoms with Crippen LogP contribution in [0, 0.1) is 0 Å². The molecule has 0 saturated heterocycles. The fourth-order valence-electron chi connectivity index (χ4n) is 1.36. The Morgan fingerprint density at radius 3 is 2.65 bits per heavy atom. The van der Waals surface area contributed by atoms with Crippen molar-refractivity contribution in [2.24, 2.45) is 4.99 Å². The van der Waals surface area contributed by atoms with Gasteiger partial charge in [-0.3, -0.25) is 4.72 Å². The lowest BCUT2D eigenvalue weighted by Crippen LogP contribution is -2.30. The van der Waals surface area contributed by atoms with Crippen LogP contribution in [-0.4, -0.2) is 19.2 Å². The van der Waals surface area contributed by atoms with Crippen LogP contribution in [-0.2, 0) is 10.0 Å². The summed E-state index contributed by atoms with van der Waals surface area (Å²) in [5.41, 5.74) is 0.684. The molecule has 86 valence electrons. The number of aliphatic imine (C=N–C) groups is 1. The van der Waals surface area contributed by atoms with E-state index in [1.165, 1.54) is 6.20 Å². The monoisotopic (exact) mass is 265 g/mol. The van der Waals surface area contributed by atoms with Gasteiger partial charge in [-0.15, -0.1) is 11.3 Å². The van der Waals surface area contributed by atoms with Crippen molar-refractivity contribution in [3.8, 4) is 0 Å². The highest BCUT2D eigenvalue weighted by Gasteiger charge is 2.21. The molecular formula is C10H7N3O2S2. The number of sulfonamides is 1. The quantitative estimate of drug-likeness (QED) is 0.894. The van der Waals surface area contributed by atoms with Crippen molar-refractivity contribution in [2.45, 2.75) is 4.34 Å². The number of para-hydroxylation sites is 1. The normalized spacial score (nSPS) is 14.5. The number of hydrogen-bond donors (Lipinski definition) is 1. The predicted octanol–water partition coefficient (Wildman–Crippen LogP) is 1.50. The minimum Gasteiger partial charge on any atom is -0.261 e. The molecule has 0 fully saturated rings. The van der Waals surface area contributed by atoms with E-state index in [0.29, 0.717) is 11.4 Å². The van der Waals surface area contributed by atoms with Crippen LogP contribution in [0.4, 0.5) is 0 Å². The molecule has 0 spiro atoms. The summed E-state index contributed by atoms with van der Waals surface area (Å²) in [4.78, 5) is 7.84. The smallest absolute Gasteiger partial charge is 0.261 e. The lowest BCUT2D eigenvalue weighted by Gasteiger charge is -2.07. The Balaban J connectivity index is 2.02. The Labute approximate surface area is 102 Å². The van der Waals surface area contributed by atoms with Gasteiger partial charge >= 0.3 is 0 Å². The highest BCUT2D eigenvalue weighted by Crippen LogP contribution is 2.24. The van der Waals surface area contributed by atoms with E-state index >= 15 is 0 Å². The predicted molar refractivity (Wildman–Crippen MR) is 66.5 cm³/mol. The van der Waals surface area contributed by atoms with Crippen molar-refractivity contribution in [1.29, 1.82) is 0 Å². The number of rotatable bonds is 2. The minimum absolute atomic E-state index is 0.0571. The molecular weight excluding hydrogens is 258 g/mol. The van der Waals surface area contributed by atoms with E-state index in [0.717, 1.165) is 16.0 Å². The number of thiazole rings is 1. The molecule has 1 aliphatic heterocycles. The molecule has 0 aliphatic carbocycles. The van der Waals surface area contributed by atoms with E-state index in [1.54, 1.807) is 12.1 Å². The zero-order valence-electron chi connectivity index (χ0n) is 8.49. The Kier molecular flexibility index (Phi) is 2.23. The zero-order chi connectivity index (χ0) is 11.9. The maximum Gasteiger partial charge on any atom is 0.290 e. The van der Waals surface area contributed by atoms with E-state index in [-0.39, 0.29) is 4.34 Å². The van der Waals surface area contributed by atoms with Gasteiger partial charge in [0, 0.05) is 6.20 Å². The Bertz CT molecular complexity index is 711. The largest absolute Gasteiger partial charge is 0.290 e. The average Bonchev–Trinajstić information content (AvgIpc) is 2.68. The topological polar surface area (TPSA) is 71.4 Å². The molecule has 1 aromatic carbocycles. The number of nitrogens with one attached hydrogen (secondary N) is 1. The molecule has 0 amide bonds. The summed E-state index contributed by atoms with van der Waals surface area (Å²) >= 11 is 1.14. The highest BCUT2D eigenvalue weighted by molar-refractivity contribution is 7.92. The van der Waals surface area contributed by atoms with Gasteiger partial charge < -0.3 is 0 Å². The van der Waals surface area contributed by atoms with Crippen LogP contribution in [0.15, 0.2) is 45.9 Å². The van der Waals surface area contributed by atoms with Crippen LogP contribution in [0.5, 0.6) is 0 Å². The lowest BCUT2D eigenvalue weighted by atomic mass is 10.3. The molecule has 0 radical (unpaired) electrons. The van der Waals surface area contributed by atoms with Gasteiger partial charge in [0.2, 0.25) is 4.34 Å². The van der Waals surface area contributed by atoms with Crippen molar-refractivity contribution in [3.05, 3.63) is 36.5 Å². The van der Waals surface area contributed by atoms with E-state index in [2.05, 4.69) is 14.7 Å². The van der Waals surface area contributed by atoms with Crippen molar-refractivity contribution in [2.75, 3.05) is 0 Å². The van der Waals surface area contributed by atoms with Gasteiger partial charge in [-0.1, -0.05) is 12.1 Å². The summed E-state index contributed by atoms with van der Waals surface area (Å²) in [5, 5.41) is 0. The molecule has 0 unspecified atom stereocenters. The summed E-state index contributed by atoms with van der Waals surface area (Å²) in [5.74, 6) is 0.337. The SMILES string of the molecule is O=S(=O)(NC1=NC=C1)c1nc2ccccc2s1. The molecule has 17 heavy (non-hydrogen) atoms. The van der Waals surface area contributed by atoms with Gasteiger partial charge in [-0.05, 0) is 18.2 Å². The molecule has 1 N–H and O–H groups in total. The maximum atomic E-state index is 11.9. The second-order valence-corrected chi connectivity index (χ2v) is 6.27. The fourth-order valence-corrected chi connectivity index (χ4v) is 3.59. The summed E-state index contributed by atoms with van der Waals surface area (Å²) in [6.45, 7) is 0. The van der Waals surface area contributed by atoms with Crippen molar-refractivity contribution in [3.63, 3.8) is 0 Å². The third-order valence-corrected chi connectivity index (χ3v) is 4.96. The molecule has 2 heterocycles. The molecule has 7 heteroatoms. The fraction of sp³-hybridized carbons (Fsp3) is 0. The minimum atomic E-state index is -3.61. The first-order chi connectivity index (χ1) is 8.15. The number of benzene rings is 1. The molecule has 1 aromatic heterocycles. The summed E-state index contributed by atoms with van der Waals surface area (Å²) in [7, 11) is -3.61. The zero-order valence-corrected chi connectivity index (χ0v) is 10.1. The lowest BCUT2D eigenvalue weighted by molar-refractivity contribution is 0.592. The first kappa shape index (κ1) is 10.4. The molecule has 1 aliphatic rings. The molecule has 0 bridgehead atoms. The van der Waals surface area contributed by atoms with Gasteiger partial charge in [-0.25, -0.2) is 9.98 Å². The first-order valence-electron chi connectivity index (χ1n) is 4.78. The molecule has 3 rings (SSSR count). The highest BCUT2D eigenvalue weighted by atomic mass is 32.2. The van der Waals surface area contributed by atoms with Gasteiger partial charge in [0.05, 0.1) is 10.2 Å². The van der Waals surface area contributed by atoms with Crippen molar-refractivity contribution >= 4 is 37.4 Å². The van der Waals surface area contributed by atoms with Crippen LogP contribution in [0.25, 0.3) is 10.2 Å². The van der Waals surface area contributed by atoms with Gasteiger partial charge in [0.1, 0.15) is 5.84 Å². The number of fused-ring (bicyclic) bond motifs is 1. The Morgan fingerprint density at radius 1 is 1.24 bits per heavy atom. The second-order valence-electron chi connectivity index (χ2n) is 3.38. The average molecular weight is 265 g/mol. The second kappa shape index (κ2) is 3.64. The van der Waals surface area contributed by atoms with Crippen LogP contribution >= 0.6 is 11.3 Å². The van der Waals surface area contributed by atoms with Crippen LogP contribution < -0.4 is 4.72 Å². The van der Waals surface area contributed by atoms with Crippen LogP contribution in [0.3, 0.4) is 0 Å². The summed E-state index contributed by atoms with van der Waals surface area (Å²) < 4.78 is 27.1. The molecule has 5 nitrogen and oxygen atoms in total. The summed E-state index contributed by atoms with van der Waals surface area (Å²) in [6.07, 6.45) is 3.11. The van der Waals surface area contributed by atoms with E-state index in [4.69, 9.17) is 0 Å². The number of nitrogens with zero attached hydrogens (tertiary/aromatic N) is 2. The third kappa shape index (κ3) is 1.83. The Hall–Kier alpha value is -1.73. The number of amidine groups is 1. The first-order valence-corrected chi connectivity index (χ1v) is 7.08. The standard InChI is InChI=1S/C10H7N3O2S2/c14-17(15,13-9-5-6-11-9)10-12-7-3-1-2-4-8(7)16-10/h1-6H,(H,11,13). The molecule has 2 aromatic rings. The van der Waals surface area contributed by atoms with E-state index in [9.17, 15) is 8.42 Å². The van der Waals surface area contributed by atoms with Gasteiger partial charge in [-0.2, -0.15) is 8.42 Å². The molecule has 0 saturated carbocycles. The van der Waals surface area contributed by atoms with Crippen molar-refractivity contribution < 1.29 is 8.42 Å². The van der Waals surface area contributed by atoms with E-state index in [1.807, 2.05) is 18.2 Å². The summed E-state index contributed by atoms with van der Waals surface area (Å²) in [6, 6.07) is 7.30. The maximum absolute atomic E-state index is 11.9. The van der Waals surface area contributed by atoms with Crippen molar-refractivity contribution in [1.82, 2.24) is 9.71 Å².